The van der Waals surface area contributed by atoms with Gasteiger partial charge in [0.05, 0.1) is 23.5 Å². The van der Waals surface area contributed by atoms with E-state index in [1.165, 1.54) is 18.2 Å². The first-order chi connectivity index (χ1) is 15.8. The number of hydrogen-bond acceptors (Lipinski definition) is 6. The first kappa shape index (κ1) is 27.4. The van der Waals surface area contributed by atoms with Crippen LogP contribution in [0.4, 0.5) is 4.39 Å². The fourth-order valence-electron chi connectivity index (χ4n) is 3.95. The van der Waals surface area contributed by atoms with Gasteiger partial charge in [-0.1, -0.05) is 33.8 Å². The lowest BCUT2D eigenvalue weighted by atomic mass is 9.85. The molecule has 0 bridgehead atoms. The summed E-state index contributed by atoms with van der Waals surface area (Å²) in [6.45, 7) is 7.41. The number of amides is 1. The molecule has 0 saturated carbocycles. The van der Waals surface area contributed by atoms with Crippen LogP contribution < -0.4 is 4.72 Å². The number of sulfonamides is 1. The van der Waals surface area contributed by atoms with Crippen molar-refractivity contribution < 1.29 is 22.7 Å². The highest BCUT2D eigenvalue weighted by Crippen LogP contribution is 2.33. The number of aliphatic hydroxyl groups is 1. The average molecular weight is 490 g/mol. The molecule has 0 aliphatic carbocycles. The van der Waals surface area contributed by atoms with Gasteiger partial charge < -0.3 is 10.0 Å². The van der Waals surface area contributed by atoms with Gasteiger partial charge in [-0.2, -0.15) is 5.26 Å². The smallest absolute Gasteiger partial charge is 0.264 e. The molecule has 184 valence electrons. The fourth-order valence-corrected chi connectivity index (χ4v) is 4.99. The Morgan fingerprint density at radius 2 is 1.79 bits per heavy atom. The highest BCUT2D eigenvalue weighted by molar-refractivity contribution is 7.90. The predicted molar refractivity (Wildman–Crippen MR) is 128 cm³/mol. The van der Waals surface area contributed by atoms with Gasteiger partial charge in [0.15, 0.2) is 0 Å². The highest BCUT2D eigenvalue weighted by Gasteiger charge is 2.26. The van der Waals surface area contributed by atoms with Crippen LogP contribution in [0.3, 0.4) is 0 Å². The monoisotopic (exact) mass is 489 g/mol. The summed E-state index contributed by atoms with van der Waals surface area (Å²) in [4.78, 5) is 14.6. The number of rotatable bonds is 9. The maximum absolute atomic E-state index is 15.0. The minimum atomic E-state index is -4.22. The minimum Gasteiger partial charge on any atom is -0.392 e. The highest BCUT2D eigenvalue weighted by atomic mass is 32.2. The summed E-state index contributed by atoms with van der Waals surface area (Å²) in [5.74, 6) is -1.92. The normalized spacial score (nSPS) is 11.8. The van der Waals surface area contributed by atoms with Gasteiger partial charge in [0.1, 0.15) is 11.9 Å². The van der Waals surface area contributed by atoms with Crippen molar-refractivity contribution in [1.29, 1.82) is 5.26 Å². The number of hydrogen-bond donors (Lipinski definition) is 2. The first-order valence-electron chi connectivity index (χ1n) is 11.0. The van der Waals surface area contributed by atoms with E-state index in [0.29, 0.717) is 23.2 Å². The van der Waals surface area contributed by atoms with E-state index in [9.17, 15) is 28.0 Å². The first-order valence-corrected chi connectivity index (χ1v) is 12.5. The average Bonchev–Trinajstić information content (AvgIpc) is 2.72. The second-order valence-corrected chi connectivity index (χ2v) is 10.9. The van der Waals surface area contributed by atoms with Crippen LogP contribution in [0.5, 0.6) is 0 Å². The molecule has 2 aromatic carbocycles. The Balaban J connectivity index is 2.42. The summed E-state index contributed by atoms with van der Waals surface area (Å²) in [6.07, 6.45) is -0.353. The molecule has 0 aliphatic rings. The number of nitrogens with zero attached hydrogens (tertiary/aromatic N) is 2. The molecule has 34 heavy (non-hydrogen) atoms. The number of carbonyl (C=O) groups is 1. The molecular weight excluding hydrogens is 457 g/mol. The third-order valence-electron chi connectivity index (χ3n) is 5.50. The molecule has 0 fully saturated rings. The maximum atomic E-state index is 15.0. The lowest BCUT2D eigenvalue weighted by Crippen LogP contribution is -2.32. The number of aliphatic hydroxyl groups excluding tert-OH is 1. The standard InChI is InChI=1S/C25H32FN3O4S/c1-15(2)21-10-18(12-27)25(26)24(16(3)4)22(21)11-23(31)28-34(32,33)20-8-7-17(13-29(5)6)19(9-20)14-30/h7-10,15-16,30H,11,13-14H2,1-6H3,(H,28,31). The molecule has 0 saturated heterocycles. The van der Waals surface area contributed by atoms with E-state index in [1.807, 2.05) is 38.9 Å². The van der Waals surface area contributed by atoms with Gasteiger partial charge in [-0.25, -0.2) is 17.5 Å². The summed E-state index contributed by atoms with van der Waals surface area (Å²) in [5.41, 5.74) is 2.39. The zero-order valence-corrected chi connectivity index (χ0v) is 21.3. The second-order valence-electron chi connectivity index (χ2n) is 9.17. The van der Waals surface area contributed by atoms with Crippen LogP contribution in [0.15, 0.2) is 29.2 Å². The quantitative estimate of drug-likeness (QED) is 0.557. The Bertz CT molecular complexity index is 1220. The molecule has 0 spiro atoms. The van der Waals surface area contributed by atoms with Crippen molar-refractivity contribution in [2.75, 3.05) is 14.1 Å². The van der Waals surface area contributed by atoms with E-state index in [4.69, 9.17) is 0 Å². The predicted octanol–water partition coefficient (Wildman–Crippen LogP) is 3.55. The topological polar surface area (TPSA) is 110 Å². The third-order valence-corrected chi connectivity index (χ3v) is 6.87. The molecule has 7 nitrogen and oxygen atoms in total. The second kappa shape index (κ2) is 11.1. The number of carbonyl (C=O) groups excluding carboxylic acids is 1. The van der Waals surface area contributed by atoms with E-state index >= 15 is 0 Å². The van der Waals surface area contributed by atoms with Crippen LogP contribution in [0.25, 0.3) is 0 Å². The molecule has 1 amide bonds. The summed E-state index contributed by atoms with van der Waals surface area (Å²) < 4.78 is 42.9. The van der Waals surface area contributed by atoms with Crippen LogP contribution in [-0.4, -0.2) is 38.4 Å². The largest absolute Gasteiger partial charge is 0.392 e. The number of halogens is 1. The van der Waals surface area contributed by atoms with Gasteiger partial charge in [0, 0.05) is 6.54 Å². The van der Waals surface area contributed by atoms with Gasteiger partial charge in [-0.05, 0) is 71.9 Å². The third kappa shape index (κ3) is 6.20. The summed E-state index contributed by atoms with van der Waals surface area (Å²) in [5, 5.41) is 19.0. The lowest BCUT2D eigenvalue weighted by Gasteiger charge is -2.21. The zero-order chi connectivity index (χ0) is 25.8. The molecule has 0 aromatic heterocycles. The van der Waals surface area contributed by atoms with Crippen LogP contribution in [0.1, 0.15) is 72.9 Å². The fraction of sp³-hybridized carbons (Fsp3) is 0.440. The SMILES string of the molecule is CC(C)c1cc(C#N)c(F)c(C(C)C)c1CC(=O)NS(=O)(=O)c1ccc(CN(C)C)c(CO)c1. The van der Waals surface area contributed by atoms with Gasteiger partial charge >= 0.3 is 0 Å². The number of benzene rings is 2. The maximum Gasteiger partial charge on any atom is 0.264 e. The zero-order valence-electron chi connectivity index (χ0n) is 20.4. The Kier molecular flexibility index (Phi) is 8.95. The summed E-state index contributed by atoms with van der Waals surface area (Å²) in [7, 11) is -0.505. The molecule has 0 aliphatic heterocycles. The molecule has 2 rings (SSSR count). The molecular formula is C25H32FN3O4S. The van der Waals surface area contributed by atoms with E-state index in [-0.39, 0.29) is 40.9 Å². The van der Waals surface area contributed by atoms with E-state index in [0.717, 1.165) is 5.56 Å². The van der Waals surface area contributed by atoms with Crippen LogP contribution in [-0.2, 0) is 34.4 Å². The van der Waals surface area contributed by atoms with Gasteiger partial charge in [-0.15, -0.1) is 0 Å². The Morgan fingerprint density at radius 1 is 1.15 bits per heavy atom. The van der Waals surface area contributed by atoms with Crippen molar-refractivity contribution in [2.45, 2.75) is 64.0 Å². The van der Waals surface area contributed by atoms with Crippen molar-refractivity contribution >= 4 is 15.9 Å². The van der Waals surface area contributed by atoms with Crippen molar-refractivity contribution in [3.8, 4) is 6.07 Å². The van der Waals surface area contributed by atoms with E-state index in [1.54, 1.807) is 19.9 Å². The molecule has 0 heterocycles. The lowest BCUT2D eigenvalue weighted by molar-refractivity contribution is -0.118. The van der Waals surface area contributed by atoms with Crippen LogP contribution in [0.2, 0.25) is 0 Å². The number of nitriles is 1. The van der Waals surface area contributed by atoms with Gasteiger partial charge in [0.2, 0.25) is 5.91 Å². The summed E-state index contributed by atoms with van der Waals surface area (Å²) >= 11 is 0. The van der Waals surface area contributed by atoms with Crippen molar-refractivity contribution in [2.24, 2.45) is 0 Å². The molecule has 0 radical (unpaired) electrons. The van der Waals surface area contributed by atoms with Gasteiger partial charge in [0.25, 0.3) is 10.0 Å². The number of nitrogens with one attached hydrogen (secondary N) is 1. The molecule has 9 heteroatoms. The van der Waals surface area contributed by atoms with E-state index < -0.39 is 21.7 Å². The minimum absolute atomic E-state index is 0.0986. The van der Waals surface area contributed by atoms with Crippen LogP contribution in [0, 0.1) is 17.1 Å². The Morgan fingerprint density at radius 3 is 2.29 bits per heavy atom. The van der Waals surface area contributed by atoms with Crippen molar-refractivity contribution in [1.82, 2.24) is 9.62 Å². The van der Waals surface area contributed by atoms with Gasteiger partial charge in [-0.3, -0.25) is 4.79 Å². The van der Waals surface area contributed by atoms with Crippen molar-refractivity contribution in [3.63, 3.8) is 0 Å². The Hall–Kier alpha value is -2.80. The molecule has 2 aromatic rings. The van der Waals surface area contributed by atoms with Crippen LogP contribution >= 0.6 is 0 Å². The van der Waals surface area contributed by atoms with Crippen molar-refractivity contribution in [3.05, 3.63) is 63.5 Å². The Labute approximate surface area is 201 Å². The molecule has 2 N–H and O–H groups in total. The molecule has 0 unspecified atom stereocenters. The molecule has 0 atom stereocenters. The van der Waals surface area contributed by atoms with E-state index in [2.05, 4.69) is 4.72 Å². The summed E-state index contributed by atoms with van der Waals surface area (Å²) in [6, 6.07) is 7.62.